The number of hydrogen-bond donors (Lipinski definition) is 1. The first kappa shape index (κ1) is 10.4. The maximum absolute atomic E-state index is 10.7. The van der Waals surface area contributed by atoms with Crippen LogP contribution in [0.5, 0.6) is 0 Å². The van der Waals surface area contributed by atoms with Crippen LogP contribution in [0, 0.1) is 0 Å². The Morgan fingerprint density at radius 1 is 1.38 bits per heavy atom. The van der Waals surface area contributed by atoms with Crippen molar-refractivity contribution in [3.63, 3.8) is 0 Å². The van der Waals surface area contributed by atoms with Gasteiger partial charge in [0.05, 0.1) is 6.54 Å². The van der Waals surface area contributed by atoms with Gasteiger partial charge in [-0.2, -0.15) is 4.98 Å². The van der Waals surface area contributed by atoms with Crippen molar-refractivity contribution in [1.82, 2.24) is 15.5 Å². The molecule has 1 aromatic heterocycles. The van der Waals surface area contributed by atoms with E-state index >= 15 is 0 Å². The summed E-state index contributed by atoms with van der Waals surface area (Å²) in [6.07, 6.45) is 0. The van der Waals surface area contributed by atoms with Crippen molar-refractivity contribution in [3.05, 3.63) is 36.2 Å². The third kappa shape index (κ3) is 2.44. The van der Waals surface area contributed by atoms with Gasteiger partial charge in [0.25, 0.3) is 5.89 Å². The molecular weight excluding hydrogens is 206 g/mol. The van der Waals surface area contributed by atoms with Gasteiger partial charge in [-0.25, -0.2) is 0 Å². The average molecular weight is 217 g/mol. The molecule has 2 rings (SSSR count). The van der Waals surface area contributed by atoms with E-state index < -0.39 is 0 Å². The molecular formula is C11H11N3O2. The predicted octanol–water partition coefficient (Wildman–Crippen LogP) is 1.37. The molecule has 0 aliphatic heterocycles. The molecule has 0 radical (unpaired) electrons. The Kier molecular flexibility index (Phi) is 2.95. The molecule has 0 saturated carbocycles. The van der Waals surface area contributed by atoms with Crippen molar-refractivity contribution >= 4 is 5.91 Å². The molecule has 5 heteroatoms. The van der Waals surface area contributed by atoms with Crippen molar-refractivity contribution in [2.24, 2.45) is 0 Å². The summed E-state index contributed by atoms with van der Waals surface area (Å²) in [6, 6.07) is 9.48. The lowest BCUT2D eigenvalue weighted by molar-refractivity contribution is -0.119. The molecule has 0 aliphatic carbocycles. The Labute approximate surface area is 92.5 Å². The normalized spacial score (nSPS) is 10.1. The van der Waals surface area contributed by atoms with Crippen molar-refractivity contribution in [3.8, 4) is 11.5 Å². The average Bonchev–Trinajstić information content (AvgIpc) is 2.76. The van der Waals surface area contributed by atoms with Crippen molar-refractivity contribution in [1.29, 1.82) is 0 Å². The molecule has 0 fully saturated rings. The van der Waals surface area contributed by atoms with Gasteiger partial charge in [0.2, 0.25) is 5.91 Å². The maximum atomic E-state index is 10.7. The van der Waals surface area contributed by atoms with Gasteiger partial charge >= 0.3 is 0 Å². The monoisotopic (exact) mass is 217 g/mol. The van der Waals surface area contributed by atoms with E-state index in [1.165, 1.54) is 6.92 Å². The highest BCUT2D eigenvalue weighted by Gasteiger charge is 2.07. The van der Waals surface area contributed by atoms with Crippen LogP contribution < -0.4 is 5.32 Å². The summed E-state index contributed by atoms with van der Waals surface area (Å²) >= 11 is 0. The zero-order chi connectivity index (χ0) is 11.4. The van der Waals surface area contributed by atoms with Crippen LogP contribution in [0.1, 0.15) is 12.7 Å². The Hall–Kier alpha value is -2.17. The van der Waals surface area contributed by atoms with Crippen molar-refractivity contribution < 1.29 is 9.32 Å². The maximum Gasteiger partial charge on any atom is 0.257 e. The number of hydrogen-bond acceptors (Lipinski definition) is 4. The second-order valence-electron chi connectivity index (χ2n) is 3.29. The number of rotatable bonds is 3. The largest absolute Gasteiger partial charge is 0.349 e. The van der Waals surface area contributed by atoms with Crippen LogP contribution >= 0.6 is 0 Å². The second kappa shape index (κ2) is 4.57. The molecule has 1 heterocycles. The molecule has 0 unspecified atom stereocenters. The Morgan fingerprint density at radius 2 is 2.12 bits per heavy atom. The SMILES string of the molecule is CC(=O)NCc1noc(-c2ccccc2)n1. The minimum absolute atomic E-state index is 0.119. The third-order valence-electron chi connectivity index (χ3n) is 1.98. The molecule has 1 N–H and O–H groups in total. The predicted molar refractivity (Wildman–Crippen MR) is 57.3 cm³/mol. The molecule has 0 atom stereocenters. The molecule has 0 aliphatic rings. The van der Waals surface area contributed by atoms with E-state index in [-0.39, 0.29) is 12.5 Å². The summed E-state index contributed by atoms with van der Waals surface area (Å²) in [4.78, 5) is 14.9. The Bertz CT molecular complexity index is 479. The molecule has 82 valence electrons. The molecule has 1 amide bonds. The van der Waals surface area contributed by atoms with Crippen molar-refractivity contribution in [2.45, 2.75) is 13.5 Å². The van der Waals surface area contributed by atoms with E-state index in [0.717, 1.165) is 5.56 Å². The summed E-state index contributed by atoms with van der Waals surface area (Å²) in [5.74, 6) is 0.807. The van der Waals surface area contributed by atoms with Crippen LogP contribution in [0.15, 0.2) is 34.9 Å². The van der Waals surface area contributed by atoms with Crippen LogP contribution in [0.25, 0.3) is 11.5 Å². The molecule has 16 heavy (non-hydrogen) atoms. The van der Waals surface area contributed by atoms with E-state index in [9.17, 15) is 4.79 Å². The number of nitrogens with one attached hydrogen (secondary N) is 1. The fourth-order valence-electron chi connectivity index (χ4n) is 1.23. The van der Waals surface area contributed by atoms with Gasteiger partial charge in [0, 0.05) is 12.5 Å². The molecule has 1 aromatic carbocycles. The van der Waals surface area contributed by atoms with Gasteiger partial charge in [-0.15, -0.1) is 0 Å². The molecule has 0 saturated heterocycles. The van der Waals surface area contributed by atoms with Gasteiger partial charge in [0.15, 0.2) is 5.82 Å². The van der Waals surface area contributed by atoms with Gasteiger partial charge in [-0.05, 0) is 12.1 Å². The van der Waals surface area contributed by atoms with E-state index in [1.807, 2.05) is 30.3 Å². The minimum atomic E-state index is -0.119. The first-order valence-corrected chi connectivity index (χ1v) is 4.88. The molecule has 2 aromatic rings. The topological polar surface area (TPSA) is 68.0 Å². The summed E-state index contributed by atoms with van der Waals surface area (Å²) in [5, 5.41) is 6.37. The number of carbonyl (C=O) groups is 1. The van der Waals surface area contributed by atoms with Crippen molar-refractivity contribution in [2.75, 3.05) is 0 Å². The van der Waals surface area contributed by atoms with Crippen LogP contribution in [-0.2, 0) is 11.3 Å². The minimum Gasteiger partial charge on any atom is -0.349 e. The highest BCUT2D eigenvalue weighted by atomic mass is 16.5. The highest BCUT2D eigenvalue weighted by Crippen LogP contribution is 2.15. The zero-order valence-electron chi connectivity index (χ0n) is 8.80. The standard InChI is InChI=1S/C11H11N3O2/c1-8(15)12-7-10-13-11(16-14-10)9-5-3-2-4-6-9/h2-6H,7H2,1H3,(H,12,15). The van der Waals surface area contributed by atoms with Crippen LogP contribution in [0.3, 0.4) is 0 Å². The lowest BCUT2D eigenvalue weighted by Gasteiger charge is -1.94. The molecule has 0 spiro atoms. The van der Waals surface area contributed by atoms with E-state index in [0.29, 0.717) is 11.7 Å². The fraction of sp³-hybridized carbons (Fsp3) is 0.182. The van der Waals surface area contributed by atoms with E-state index in [4.69, 9.17) is 4.52 Å². The number of carbonyl (C=O) groups excluding carboxylic acids is 1. The quantitative estimate of drug-likeness (QED) is 0.843. The second-order valence-corrected chi connectivity index (χ2v) is 3.29. The number of aromatic nitrogens is 2. The lowest BCUT2D eigenvalue weighted by Crippen LogP contribution is -2.19. The summed E-state index contributed by atoms with van der Waals surface area (Å²) in [7, 11) is 0. The van der Waals surface area contributed by atoms with Gasteiger partial charge in [0.1, 0.15) is 0 Å². The highest BCUT2D eigenvalue weighted by molar-refractivity contribution is 5.72. The van der Waals surface area contributed by atoms with E-state index in [1.54, 1.807) is 0 Å². The number of nitrogens with zero attached hydrogens (tertiary/aromatic N) is 2. The molecule has 0 bridgehead atoms. The molecule has 5 nitrogen and oxygen atoms in total. The van der Waals surface area contributed by atoms with Crippen LogP contribution in [0.4, 0.5) is 0 Å². The first-order valence-electron chi connectivity index (χ1n) is 4.88. The summed E-state index contributed by atoms with van der Waals surface area (Å²) in [5.41, 5.74) is 0.865. The Morgan fingerprint density at radius 3 is 2.81 bits per heavy atom. The van der Waals surface area contributed by atoms with Crippen LogP contribution in [0.2, 0.25) is 0 Å². The smallest absolute Gasteiger partial charge is 0.257 e. The van der Waals surface area contributed by atoms with Gasteiger partial charge < -0.3 is 9.84 Å². The van der Waals surface area contributed by atoms with Crippen LogP contribution in [-0.4, -0.2) is 16.0 Å². The summed E-state index contributed by atoms with van der Waals surface area (Å²) in [6.45, 7) is 1.73. The number of benzene rings is 1. The number of amides is 1. The third-order valence-corrected chi connectivity index (χ3v) is 1.98. The zero-order valence-corrected chi connectivity index (χ0v) is 8.80. The fourth-order valence-corrected chi connectivity index (χ4v) is 1.23. The Balaban J connectivity index is 2.11. The summed E-state index contributed by atoms with van der Waals surface area (Å²) < 4.78 is 5.07. The first-order chi connectivity index (χ1) is 7.75. The van der Waals surface area contributed by atoms with Gasteiger partial charge in [-0.1, -0.05) is 23.4 Å². The van der Waals surface area contributed by atoms with Gasteiger partial charge in [-0.3, -0.25) is 4.79 Å². The van der Waals surface area contributed by atoms with E-state index in [2.05, 4.69) is 15.5 Å². The lowest BCUT2D eigenvalue weighted by atomic mass is 10.2.